The summed E-state index contributed by atoms with van der Waals surface area (Å²) in [5.74, 6) is 0.830. The number of hydrogen-bond donors (Lipinski definition) is 1. The third-order valence-electron chi connectivity index (χ3n) is 2.84. The van der Waals surface area contributed by atoms with E-state index in [2.05, 4.69) is 31.1 Å². The summed E-state index contributed by atoms with van der Waals surface area (Å²) in [6.45, 7) is 8.25. The van der Waals surface area contributed by atoms with Gasteiger partial charge in [0.1, 0.15) is 0 Å². The lowest BCUT2D eigenvalue weighted by Crippen LogP contribution is -2.34. The van der Waals surface area contributed by atoms with Gasteiger partial charge in [0.2, 0.25) is 0 Å². The van der Waals surface area contributed by atoms with Gasteiger partial charge in [-0.25, -0.2) is 0 Å². The molecule has 1 heterocycles. The highest BCUT2D eigenvalue weighted by atomic mass is 15.2. The number of hydrogen-bond acceptors (Lipinski definition) is 2. The van der Waals surface area contributed by atoms with Crippen molar-refractivity contribution in [2.24, 2.45) is 5.92 Å². The summed E-state index contributed by atoms with van der Waals surface area (Å²) in [5.41, 5.74) is 0. The first-order valence-electron chi connectivity index (χ1n) is 5.14. The Morgan fingerprint density at radius 3 is 2.83 bits per heavy atom. The summed E-state index contributed by atoms with van der Waals surface area (Å²) in [6, 6.07) is 0.754. The van der Waals surface area contributed by atoms with Gasteiger partial charge in [0.15, 0.2) is 0 Å². The second kappa shape index (κ2) is 4.83. The maximum absolute atomic E-state index is 3.62. The fraction of sp³-hybridized carbons (Fsp3) is 1.00. The van der Waals surface area contributed by atoms with Crippen LogP contribution in [0, 0.1) is 5.92 Å². The summed E-state index contributed by atoms with van der Waals surface area (Å²) in [6.07, 6.45) is 2.61. The average Bonchev–Trinajstić information content (AvgIpc) is 2.47. The smallest absolute Gasteiger partial charge is 0.0207 e. The molecule has 2 nitrogen and oxygen atoms in total. The van der Waals surface area contributed by atoms with Crippen molar-refractivity contribution in [3.8, 4) is 0 Å². The van der Waals surface area contributed by atoms with Gasteiger partial charge in [-0.3, -0.25) is 0 Å². The summed E-state index contributed by atoms with van der Waals surface area (Å²) in [7, 11) is 2.20. The minimum Gasteiger partial charge on any atom is -0.312 e. The third-order valence-corrected chi connectivity index (χ3v) is 2.84. The van der Waals surface area contributed by atoms with E-state index in [1.807, 2.05) is 0 Å². The molecule has 1 fully saturated rings. The quantitative estimate of drug-likeness (QED) is 0.684. The van der Waals surface area contributed by atoms with Crippen LogP contribution in [0.15, 0.2) is 0 Å². The predicted molar refractivity (Wildman–Crippen MR) is 53.4 cm³/mol. The highest BCUT2D eigenvalue weighted by Gasteiger charge is 2.18. The fourth-order valence-electron chi connectivity index (χ4n) is 1.61. The Hall–Kier alpha value is -0.0800. The van der Waals surface area contributed by atoms with Gasteiger partial charge in [-0.1, -0.05) is 20.3 Å². The second-order valence-electron chi connectivity index (χ2n) is 4.17. The molecule has 1 saturated heterocycles. The van der Waals surface area contributed by atoms with Crippen molar-refractivity contribution in [3.63, 3.8) is 0 Å². The molecule has 0 aromatic rings. The van der Waals surface area contributed by atoms with Crippen molar-refractivity contribution in [2.75, 3.05) is 26.7 Å². The largest absolute Gasteiger partial charge is 0.312 e. The lowest BCUT2D eigenvalue weighted by atomic mass is 10.1. The number of likely N-dealkylation sites (N-methyl/N-ethyl adjacent to an activating group) is 1. The second-order valence-corrected chi connectivity index (χ2v) is 4.17. The lowest BCUT2D eigenvalue weighted by Gasteiger charge is -2.15. The van der Waals surface area contributed by atoms with Crippen molar-refractivity contribution in [3.05, 3.63) is 0 Å². The topological polar surface area (TPSA) is 15.3 Å². The van der Waals surface area contributed by atoms with Gasteiger partial charge >= 0.3 is 0 Å². The van der Waals surface area contributed by atoms with Crippen LogP contribution in [0.4, 0.5) is 0 Å². The van der Waals surface area contributed by atoms with E-state index >= 15 is 0 Å². The Morgan fingerprint density at radius 1 is 1.58 bits per heavy atom. The molecule has 72 valence electrons. The highest BCUT2D eigenvalue weighted by Crippen LogP contribution is 2.07. The molecule has 12 heavy (non-hydrogen) atoms. The van der Waals surface area contributed by atoms with Crippen LogP contribution in [0.2, 0.25) is 0 Å². The van der Waals surface area contributed by atoms with Crippen LogP contribution in [-0.4, -0.2) is 37.6 Å². The van der Waals surface area contributed by atoms with Crippen molar-refractivity contribution in [1.82, 2.24) is 10.2 Å². The molecular weight excluding hydrogens is 148 g/mol. The molecule has 0 aromatic heterocycles. The molecule has 0 saturated carbocycles. The molecule has 0 bridgehead atoms. The van der Waals surface area contributed by atoms with Gasteiger partial charge < -0.3 is 10.2 Å². The molecule has 1 rings (SSSR count). The molecule has 0 unspecified atom stereocenters. The normalized spacial score (nSPS) is 27.8. The average molecular weight is 170 g/mol. The van der Waals surface area contributed by atoms with E-state index in [9.17, 15) is 0 Å². The first kappa shape index (κ1) is 10.0. The zero-order valence-electron chi connectivity index (χ0n) is 8.64. The monoisotopic (exact) mass is 170 g/mol. The highest BCUT2D eigenvalue weighted by molar-refractivity contribution is 4.79. The number of rotatable bonds is 4. The lowest BCUT2D eigenvalue weighted by molar-refractivity contribution is 0.386. The number of nitrogens with zero attached hydrogens (tertiary/aromatic N) is 1. The Kier molecular flexibility index (Phi) is 4.02. The maximum atomic E-state index is 3.62. The minimum absolute atomic E-state index is 0.754. The van der Waals surface area contributed by atoms with Crippen LogP contribution in [0.1, 0.15) is 26.7 Å². The summed E-state index contributed by atoms with van der Waals surface area (Å²) in [4.78, 5) is 2.40. The Balaban J connectivity index is 2.07. The van der Waals surface area contributed by atoms with E-state index in [-0.39, 0.29) is 0 Å². The van der Waals surface area contributed by atoms with Crippen molar-refractivity contribution >= 4 is 0 Å². The molecule has 2 atom stereocenters. The summed E-state index contributed by atoms with van der Waals surface area (Å²) in [5, 5.41) is 3.62. The molecule has 0 spiro atoms. The zero-order valence-corrected chi connectivity index (χ0v) is 8.64. The van der Waals surface area contributed by atoms with Crippen molar-refractivity contribution < 1.29 is 0 Å². The van der Waals surface area contributed by atoms with Crippen LogP contribution >= 0.6 is 0 Å². The van der Waals surface area contributed by atoms with Crippen LogP contribution < -0.4 is 5.32 Å². The molecule has 0 aromatic carbocycles. The Bertz CT molecular complexity index is 125. The molecule has 0 aliphatic carbocycles. The van der Waals surface area contributed by atoms with Crippen molar-refractivity contribution in [2.45, 2.75) is 32.7 Å². The van der Waals surface area contributed by atoms with Crippen LogP contribution in [0.5, 0.6) is 0 Å². The molecule has 0 amide bonds. The van der Waals surface area contributed by atoms with Gasteiger partial charge in [-0.2, -0.15) is 0 Å². The van der Waals surface area contributed by atoms with Gasteiger partial charge in [-0.05, 0) is 32.5 Å². The standard InChI is InChI=1S/C10H22N2/c1-4-9(2)7-11-10-5-6-12(3)8-10/h9-11H,4-8H2,1-3H3/t9-,10-/m1/s1. The van der Waals surface area contributed by atoms with Crippen LogP contribution in [0.25, 0.3) is 0 Å². The van der Waals surface area contributed by atoms with E-state index in [1.165, 1.54) is 32.5 Å². The minimum atomic E-state index is 0.754. The molecule has 1 N–H and O–H groups in total. The van der Waals surface area contributed by atoms with Gasteiger partial charge in [0.25, 0.3) is 0 Å². The molecular formula is C10H22N2. The molecule has 2 heteroatoms. The first-order chi connectivity index (χ1) is 5.72. The Morgan fingerprint density at radius 2 is 2.33 bits per heavy atom. The van der Waals surface area contributed by atoms with Crippen LogP contribution in [-0.2, 0) is 0 Å². The zero-order chi connectivity index (χ0) is 8.97. The fourth-order valence-corrected chi connectivity index (χ4v) is 1.61. The predicted octanol–water partition coefficient (Wildman–Crippen LogP) is 1.33. The summed E-state index contributed by atoms with van der Waals surface area (Å²) >= 11 is 0. The SMILES string of the molecule is CC[C@@H](C)CN[C@@H]1CCN(C)C1. The van der Waals surface area contributed by atoms with Gasteiger partial charge in [0, 0.05) is 12.6 Å². The summed E-state index contributed by atoms with van der Waals surface area (Å²) < 4.78 is 0. The van der Waals surface area contributed by atoms with Crippen LogP contribution in [0.3, 0.4) is 0 Å². The van der Waals surface area contributed by atoms with E-state index in [0.29, 0.717) is 0 Å². The maximum Gasteiger partial charge on any atom is 0.0207 e. The first-order valence-corrected chi connectivity index (χ1v) is 5.14. The number of nitrogens with one attached hydrogen (secondary N) is 1. The third kappa shape index (κ3) is 3.11. The van der Waals surface area contributed by atoms with E-state index in [1.54, 1.807) is 0 Å². The van der Waals surface area contributed by atoms with Gasteiger partial charge in [-0.15, -0.1) is 0 Å². The van der Waals surface area contributed by atoms with E-state index in [4.69, 9.17) is 0 Å². The Labute approximate surface area is 76.3 Å². The molecule has 0 radical (unpaired) electrons. The van der Waals surface area contributed by atoms with Gasteiger partial charge in [0.05, 0.1) is 0 Å². The van der Waals surface area contributed by atoms with E-state index in [0.717, 1.165) is 12.0 Å². The van der Waals surface area contributed by atoms with E-state index < -0.39 is 0 Å². The van der Waals surface area contributed by atoms with Crippen molar-refractivity contribution in [1.29, 1.82) is 0 Å². The number of likely N-dealkylation sites (tertiary alicyclic amines) is 1. The molecule has 1 aliphatic heterocycles. The molecule has 1 aliphatic rings.